The largest absolute Gasteiger partial charge is 0.366 e. The van der Waals surface area contributed by atoms with Gasteiger partial charge in [0.05, 0.1) is 6.61 Å². The first-order valence-corrected chi connectivity index (χ1v) is 9.16. The van der Waals surface area contributed by atoms with Gasteiger partial charge in [-0.15, -0.1) is 0 Å². The molecule has 1 heterocycles. The molecule has 2 aromatic rings. The fourth-order valence-electron chi connectivity index (χ4n) is 2.83. The maximum Gasteiger partial charge on any atom is 0.250 e. The third-order valence-corrected chi connectivity index (χ3v) is 4.55. The number of ether oxygens (including phenoxy) is 1. The van der Waals surface area contributed by atoms with Crippen molar-refractivity contribution in [2.24, 2.45) is 0 Å². The average molecular weight is 371 g/mol. The summed E-state index contributed by atoms with van der Waals surface area (Å²) in [6.45, 7) is 3.28. The molecule has 0 aromatic heterocycles. The van der Waals surface area contributed by atoms with Crippen LogP contribution in [0.5, 0.6) is 0 Å². The molecule has 0 aliphatic carbocycles. The zero-order valence-electron chi connectivity index (χ0n) is 14.6. The molecule has 0 radical (unpaired) electrons. The monoisotopic (exact) mass is 370 g/mol. The van der Waals surface area contributed by atoms with Crippen molar-refractivity contribution in [2.45, 2.75) is 12.6 Å². The summed E-state index contributed by atoms with van der Waals surface area (Å²) in [5, 5.41) is 3.63. The molecule has 5 heteroatoms. The average Bonchev–Trinajstić information content (AvgIpc) is 2.68. The van der Waals surface area contributed by atoms with Gasteiger partial charge in [-0.1, -0.05) is 66.2 Å². The summed E-state index contributed by atoms with van der Waals surface area (Å²) in [5.41, 5.74) is 2.19. The molecule has 0 unspecified atom stereocenters. The van der Waals surface area contributed by atoms with Crippen molar-refractivity contribution in [3.05, 3.63) is 76.8 Å². The maximum atomic E-state index is 12.4. The molecule has 0 saturated carbocycles. The van der Waals surface area contributed by atoms with Gasteiger partial charge in [-0.2, -0.15) is 0 Å². The number of carbonyl (C=O) groups is 1. The number of halogens is 1. The Kier molecular flexibility index (Phi) is 6.83. The Morgan fingerprint density at radius 2 is 1.96 bits per heavy atom. The van der Waals surface area contributed by atoms with Crippen LogP contribution in [-0.2, 0) is 16.1 Å². The Labute approximate surface area is 159 Å². The Morgan fingerprint density at radius 1 is 1.19 bits per heavy atom. The summed E-state index contributed by atoms with van der Waals surface area (Å²) in [4.78, 5) is 14.6. The van der Waals surface area contributed by atoms with Crippen molar-refractivity contribution in [2.75, 3.05) is 26.2 Å². The van der Waals surface area contributed by atoms with E-state index in [1.807, 2.05) is 42.5 Å². The number of carbonyl (C=O) groups excluding carboxylic acids is 1. The summed E-state index contributed by atoms with van der Waals surface area (Å²) < 4.78 is 5.64. The summed E-state index contributed by atoms with van der Waals surface area (Å²) >= 11 is 5.87. The fourth-order valence-corrected chi connectivity index (χ4v) is 2.96. The lowest BCUT2D eigenvalue weighted by Gasteiger charge is -2.31. The second kappa shape index (κ2) is 9.53. The minimum atomic E-state index is -0.429. The molecule has 26 heavy (non-hydrogen) atoms. The van der Waals surface area contributed by atoms with E-state index in [-0.39, 0.29) is 5.91 Å². The van der Waals surface area contributed by atoms with Crippen molar-refractivity contribution in [3.8, 4) is 0 Å². The van der Waals surface area contributed by atoms with Gasteiger partial charge < -0.3 is 10.1 Å². The van der Waals surface area contributed by atoms with Crippen LogP contribution in [0, 0.1) is 0 Å². The van der Waals surface area contributed by atoms with Gasteiger partial charge >= 0.3 is 0 Å². The zero-order chi connectivity index (χ0) is 18.2. The number of nitrogens with one attached hydrogen (secondary N) is 1. The van der Waals surface area contributed by atoms with E-state index in [1.54, 1.807) is 0 Å². The van der Waals surface area contributed by atoms with E-state index in [1.165, 1.54) is 5.56 Å². The number of rotatable bonds is 6. The van der Waals surface area contributed by atoms with Crippen LogP contribution in [0.25, 0.3) is 6.08 Å². The van der Waals surface area contributed by atoms with Crippen LogP contribution in [0.2, 0.25) is 5.02 Å². The van der Waals surface area contributed by atoms with E-state index >= 15 is 0 Å². The Bertz CT molecular complexity index is 731. The molecule has 0 spiro atoms. The maximum absolute atomic E-state index is 12.4. The van der Waals surface area contributed by atoms with Gasteiger partial charge in [-0.25, -0.2) is 0 Å². The van der Waals surface area contributed by atoms with Crippen molar-refractivity contribution in [1.29, 1.82) is 0 Å². The van der Waals surface area contributed by atoms with E-state index in [9.17, 15) is 4.79 Å². The van der Waals surface area contributed by atoms with E-state index < -0.39 is 6.10 Å². The van der Waals surface area contributed by atoms with E-state index in [4.69, 9.17) is 16.3 Å². The topological polar surface area (TPSA) is 41.6 Å². The van der Waals surface area contributed by atoms with Gasteiger partial charge in [-0.3, -0.25) is 9.69 Å². The molecule has 0 bridgehead atoms. The molecule has 1 fully saturated rings. The highest BCUT2D eigenvalue weighted by Crippen LogP contribution is 2.10. The number of nitrogens with zero attached hydrogens (tertiary/aromatic N) is 1. The van der Waals surface area contributed by atoms with Crippen LogP contribution in [0.4, 0.5) is 0 Å². The molecule has 1 aliphatic heterocycles. The Hall–Kier alpha value is -2.14. The number of amides is 1. The van der Waals surface area contributed by atoms with Crippen LogP contribution in [-0.4, -0.2) is 43.2 Å². The molecule has 2 aromatic carbocycles. The van der Waals surface area contributed by atoms with Gasteiger partial charge in [0.25, 0.3) is 5.91 Å². The summed E-state index contributed by atoms with van der Waals surface area (Å²) in [7, 11) is 0. The standard InChI is InChI=1S/C21H23ClN2O2/c22-19-10-8-18(9-11-19)15-23-21(25)20-16-24(13-14-26-20)12-4-7-17-5-2-1-3-6-17/h1-11,20H,12-16H2,(H,23,25)/b7-4+/t20-/m0/s1. The molecule has 1 amide bonds. The van der Waals surface area contributed by atoms with Crippen molar-refractivity contribution in [3.63, 3.8) is 0 Å². The number of benzene rings is 2. The van der Waals surface area contributed by atoms with Crippen LogP contribution < -0.4 is 5.32 Å². The smallest absolute Gasteiger partial charge is 0.250 e. The molecular formula is C21H23ClN2O2. The Balaban J connectivity index is 1.45. The molecule has 1 atom stereocenters. The third kappa shape index (κ3) is 5.70. The normalized spacial score (nSPS) is 18.1. The SMILES string of the molecule is O=C(NCc1ccc(Cl)cc1)[C@@H]1CN(C/C=C/c2ccccc2)CCO1. The van der Waals surface area contributed by atoms with Crippen molar-refractivity contribution in [1.82, 2.24) is 10.2 Å². The van der Waals surface area contributed by atoms with Crippen LogP contribution >= 0.6 is 11.6 Å². The molecule has 1 saturated heterocycles. The highest BCUT2D eigenvalue weighted by Gasteiger charge is 2.25. The molecule has 136 valence electrons. The van der Waals surface area contributed by atoms with Gasteiger partial charge in [-0.05, 0) is 23.3 Å². The molecular weight excluding hydrogens is 348 g/mol. The second-order valence-electron chi connectivity index (χ2n) is 6.28. The van der Waals surface area contributed by atoms with Crippen molar-refractivity contribution >= 4 is 23.6 Å². The predicted octanol–water partition coefficient (Wildman–Crippen LogP) is 3.37. The minimum absolute atomic E-state index is 0.0725. The second-order valence-corrected chi connectivity index (χ2v) is 6.71. The first-order chi connectivity index (χ1) is 12.7. The number of hydrogen-bond acceptors (Lipinski definition) is 3. The van der Waals surface area contributed by atoms with Crippen LogP contribution in [0.1, 0.15) is 11.1 Å². The van der Waals surface area contributed by atoms with E-state index in [2.05, 4.69) is 34.5 Å². The fraction of sp³-hybridized carbons (Fsp3) is 0.286. The van der Waals surface area contributed by atoms with Crippen LogP contribution in [0.3, 0.4) is 0 Å². The highest BCUT2D eigenvalue weighted by molar-refractivity contribution is 6.30. The lowest BCUT2D eigenvalue weighted by atomic mass is 10.2. The Morgan fingerprint density at radius 3 is 2.73 bits per heavy atom. The van der Waals surface area contributed by atoms with E-state index in [0.29, 0.717) is 24.7 Å². The van der Waals surface area contributed by atoms with Gasteiger partial charge in [0.2, 0.25) is 0 Å². The lowest BCUT2D eigenvalue weighted by molar-refractivity contribution is -0.138. The predicted molar refractivity (Wildman–Crippen MR) is 105 cm³/mol. The first-order valence-electron chi connectivity index (χ1n) is 8.78. The van der Waals surface area contributed by atoms with Gasteiger partial charge in [0.15, 0.2) is 0 Å². The molecule has 4 nitrogen and oxygen atoms in total. The quantitative estimate of drug-likeness (QED) is 0.847. The highest BCUT2D eigenvalue weighted by atomic mass is 35.5. The molecule has 1 N–H and O–H groups in total. The minimum Gasteiger partial charge on any atom is -0.366 e. The summed E-state index contributed by atoms with van der Waals surface area (Å²) in [6, 6.07) is 17.7. The lowest BCUT2D eigenvalue weighted by Crippen LogP contribution is -2.49. The van der Waals surface area contributed by atoms with Crippen LogP contribution in [0.15, 0.2) is 60.7 Å². The molecule has 3 rings (SSSR count). The molecule has 1 aliphatic rings. The zero-order valence-corrected chi connectivity index (χ0v) is 15.4. The third-order valence-electron chi connectivity index (χ3n) is 4.30. The van der Waals surface area contributed by atoms with Gasteiger partial charge in [0.1, 0.15) is 6.10 Å². The summed E-state index contributed by atoms with van der Waals surface area (Å²) in [5.74, 6) is -0.0725. The number of morpholine rings is 1. The first kappa shape index (κ1) is 18.6. The number of hydrogen-bond donors (Lipinski definition) is 1. The van der Waals surface area contributed by atoms with Crippen molar-refractivity contribution < 1.29 is 9.53 Å². The van der Waals surface area contributed by atoms with Gasteiger partial charge in [0, 0.05) is 31.2 Å². The summed E-state index contributed by atoms with van der Waals surface area (Å²) in [6.07, 6.45) is 3.80. The van der Waals surface area contributed by atoms with E-state index in [0.717, 1.165) is 18.7 Å².